The molecule has 3 rings (SSSR count). The van der Waals surface area contributed by atoms with E-state index in [4.69, 9.17) is 0 Å². The van der Waals surface area contributed by atoms with Crippen LogP contribution in [-0.2, 0) is 10.0 Å². The summed E-state index contributed by atoms with van der Waals surface area (Å²) in [5, 5.41) is 2.75. The zero-order valence-electron chi connectivity index (χ0n) is 16.3. The van der Waals surface area contributed by atoms with Gasteiger partial charge in [-0.2, -0.15) is 17.9 Å². The Labute approximate surface area is 190 Å². The van der Waals surface area contributed by atoms with Crippen molar-refractivity contribution in [2.45, 2.75) is 35.4 Å². The molecule has 2 aromatic carbocycles. The number of rotatable bonds is 6. The lowest BCUT2D eigenvalue weighted by atomic mass is 10.1. The van der Waals surface area contributed by atoms with Gasteiger partial charge in [-0.05, 0) is 66.6 Å². The van der Waals surface area contributed by atoms with E-state index in [1.807, 2.05) is 4.72 Å². The normalized spacial score (nSPS) is 14.6. The SMILES string of the molecule is Cc1cc(C)c(S(=O)(=O)NC(I)(CNc2cccc3ncsc23)C(F)(F)F)c(C)c1. The standard InChI is InChI=1S/C19H19F3IN3O2S2/c1-11-7-12(2)17(13(3)8-11)30(27,28)26-18(23,19(20,21)22)9-24-14-5-4-6-15-16(14)29-10-25-15/h4-8,10,24,26H,9H2,1-3H3. The Balaban J connectivity index is 1.95. The summed E-state index contributed by atoms with van der Waals surface area (Å²) >= 11 is 2.41. The first-order valence-electron chi connectivity index (χ1n) is 8.77. The molecule has 0 fully saturated rings. The van der Waals surface area contributed by atoms with Gasteiger partial charge in [-0.25, -0.2) is 13.4 Å². The molecule has 1 heterocycles. The van der Waals surface area contributed by atoms with Crippen LogP contribution in [0.2, 0.25) is 0 Å². The summed E-state index contributed by atoms with van der Waals surface area (Å²) in [5.74, 6) is 0. The molecular formula is C19H19F3IN3O2S2. The van der Waals surface area contributed by atoms with E-state index in [0.717, 1.165) is 28.2 Å². The lowest BCUT2D eigenvalue weighted by Gasteiger charge is -2.32. The molecule has 2 N–H and O–H groups in total. The van der Waals surface area contributed by atoms with Crippen LogP contribution in [0.5, 0.6) is 0 Å². The number of benzene rings is 2. The fourth-order valence-corrected chi connectivity index (χ4v) is 6.81. The van der Waals surface area contributed by atoms with Crippen LogP contribution in [0, 0.1) is 20.8 Å². The third kappa shape index (κ3) is 4.58. The number of anilines is 1. The van der Waals surface area contributed by atoms with E-state index >= 15 is 0 Å². The number of nitrogens with zero attached hydrogens (tertiary/aromatic N) is 1. The summed E-state index contributed by atoms with van der Waals surface area (Å²) in [4.78, 5) is 4.00. The number of hydrogen-bond donors (Lipinski definition) is 2. The van der Waals surface area contributed by atoms with Crippen molar-refractivity contribution in [3.8, 4) is 0 Å². The highest BCUT2D eigenvalue weighted by molar-refractivity contribution is 14.1. The fraction of sp³-hybridized carbons (Fsp3) is 0.316. The van der Waals surface area contributed by atoms with Crippen molar-refractivity contribution in [3.05, 3.63) is 52.5 Å². The monoisotopic (exact) mass is 569 g/mol. The molecule has 0 radical (unpaired) electrons. The van der Waals surface area contributed by atoms with Crippen molar-refractivity contribution in [1.82, 2.24) is 9.71 Å². The Morgan fingerprint density at radius 2 is 1.77 bits per heavy atom. The summed E-state index contributed by atoms with van der Waals surface area (Å²) in [6.07, 6.45) is -4.85. The Hall–Kier alpha value is -1.44. The van der Waals surface area contributed by atoms with Gasteiger partial charge in [0.2, 0.25) is 10.0 Å². The molecule has 0 saturated carbocycles. The Bertz CT molecular complexity index is 1170. The molecule has 30 heavy (non-hydrogen) atoms. The van der Waals surface area contributed by atoms with Crippen LogP contribution in [0.4, 0.5) is 18.9 Å². The molecule has 162 valence electrons. The molecule has 1 atom stereocenters. The van der Waals surface area contributed by atoms with Gasteiger partial charge < -0.3 is 5.32 Å². The summed E-state index contributed by atoms with van der Waals surface area (Å²) in [6, 6.07) is 8.33. The van der Waals surface area contributed by atoms with Crippen molar-refractivity contribution in [2.24, 2.45) is 0 Å². The van der Waals surface area contributed by atoms with Crippen LogP contribution >= 0.6 is 33.9 Å². The number of nitrogens with one attached hydrogen (secondary N) is 2. The van der Waals surface area contributed by atoms with Crippen molar-refractivity contribution in [3.63, 3.8) is 0 Å². The van der Waals surface area contributed by atoms with Crippen LogP contribution in [0.3, 0.4) is 0 Å². The molecular weight excluding hydrogens is 550 g/mol. The van der Waals surface area contributed by atoms with Crippen LogP contribution in [0.25, 0.3) is 10.2 Å². The highest BCUT2D eigenvalue weighted by atomic mass is 127. The first-order chi connectivity index (χ1) is 13.8. The van der Waals surface area contributed by atoms with Crippen LogP contribution in [-0.4, -0.2) is 29.7 Å². The second kappa shape index (κ2) is 8.24. The van der Waals surface area contributed by atoms with Crippen molar-refractivity contribution in [1.29, 1.82) is 0 Å². The van der Waals surface area contributed by atoms with Crippen LogP contribution in [0.15, 0.2) is 40.7 Å². The van der Waals surface area contributed by atoms with Gasteiger partial charge in [0.15, 0.2) is 3.55 Å². The van der Waals surface area contributed by atoms with E-state index in [0.29, 0.717) is 27.0 Å². The number of aryl methyl sites for hydroxylation is 3. The molecule has 3 aromatic rings. The summed E-state index contributed by atoms with van der Waals surface area (Å²) in [7, 11) is -4.44. The van der Waals surface area contributed by atoms with Gasteiger partial charge >= 0.3 is 6.18 Å². The van der Waals surface area contributed by atoms with Gasteiger partial charge in [0, 0.05) is 0 Å². The number of thiazole rings is 1. The maximum atomic E-state index is 14.0. The van der Waals surface area contributed by atoms with Gasteiger partial charge in [-0.1, -0.05) is 23.8 Å². The van der Waals surface area contributed by atoms with E-state index in [-0.39, 0.29) is 4.90 Å². The molecule has 0 aliphatic carbocycles. The highest BCUT2D eigenvalue weighted by Gasteiger charge is 2.55. The fourth-order valence-electron chi connectivity index (χ4n) is 3.29. The van der Waals surface area contributed by atoms with E-state index < -0.39 is 26.3 Å². The van der Waals surface area contributed by atoms with E-state index in [1.165, 1.54) is 11.3 Å². The smallest absolute Gasteiger partial charge is 0.381 e. The van der Waals surface area contributed by atoms with Crippen molar-refractivity contribution < 1.29 is 21.6 Å². The molecule has 0 amide bonds. The molecule has 0 aliphatic rings. The van der Waals surface area contributed by atoms with Gasteiger partial charge in [0.05, 0.1) is 32.9 Å². The quantitative estimate of drug-likeness (QED) is 0.240. The summed E-state index contributed by atoms with van der Waals surface area (Å²) in [5.41, 5.74) is 4.33. The molecule has 0 aliphatic heterocycles. The third-order valence-corrected chi connectivity index (χ3v) is 8.80. The number of fused-ring (bicyclic) bond motifs is 1. The third-order valence-electron chi connectivity index (χ3n) is 4.50. The molecule has 1 aromatic heterocycles. The first kappa shape index (κ1) is 23.2. The molecule has 0 saturated heterocycles. The van der Waals surface area contributed by atoms with Crippen LogP contribution in [0.1, 0.15) is 16.7 Å². The number of aromatic nitrogens is 1. The minimum Gasteiger partial charge on any atom is -0.381 e. The summed E-state index contributed by atoms with van der Waals surface area (Å²) in [6.45, 7) is 4.24. The lowest BCUT2D eigenvalue weighted by molar-refractivity contribution is -0.153. The predicted octanol–water partition coefficient (Wildman–Crippen LogP) is 5.31. The van der Waals surface area contributed by atoms with Gasteiger partial charge in [-0.3, -0.25) is 0 Å². The highest BCUT2D eigenvalue weighted by Crippen LogP contribution is 2.39. The predicted molar refractivity (Wildman–Crippen MR) is 122 cm³/mol. The minimum absolute atomic E-state index is 0.136. The lowest BCUT2D eigenvalue weighted by Crippen LogP contribution is -2.58. The Morgan fingerprint density at radius 1 is 1.13 bits per heavy atom. The van der Waals surface area contributed by atoms with E-state index in [2.05, 4.69) is 10.3 Å². The maximum Gasteiger partial charge on any atom is 0.418 e. The molecule has 11 heteroatoms. The topological polar surface area (TPSA) is 71.1 Å². The minimum atomic E-state index is -4.85. The number of alkyl halides is 4. The van der Waals surface area contributed by atoms with Gasteiger partial charge in [-0.15, -0.1) is 11.3 Å². The molecule has 1 unspecified atom stereocenters. The number of sulfonamides is 1. The largest absolute Gasteiger partial charge is 0.418 e. The van der Waals surface area contributed by atoms with Gasteiger partial charge in [0.1, 0.15) is 0 Å². The van der Waals surface area contributed by atoms with E-state index in [1.54, 1.807) is 56.6 Å². The Morgan fingerprint density at radius 3 is 2.37 bits per heavy atom. The van der Waals surface area contributed by atoms with Gasteiger partial charge in [0.25, 0.3) is 0 Å². The zero-order chi connectivity index (χ0) is 22.3. The average molecular weight is 569 g/mol. The van der Waals surface area contributed by atoms with Crippen molar-refractivity contribution in [2.75, 3.05) is 11.9 Å². The number of halogens is 4. The van der Waals surface area contributed by atoms with E-state index in [9.17, 15) is 21.6 Å². The second-order valence-corrected chi connectivity index (χ2v) is 11.3. The molecule has 0 spiro atoms. The molecule has 5 nitrogen and oxygen atoms in total. The Kier molecular flexibility index (Phi) is 6.38. The van der Waals surface area contributed by atoms with Crippen molar-refractivity contribution >= 4 is 59.9 Å². The zero-order valence-corrected chi connectivity index (χ0v) is 20.1. The summed E-state index contributed by atoms with van der Waals surface area (Å²) < 4.78 is 67.8. The first-order valence-corrected chi connectivity index (χ1v) is 12.2. The second-order valence-electron chi connectivity index (χ2n) is 6.99. The number of hydrogen-bond acceptors (Lipinski definition) is 5. The molecule has 0 bridgehead atoms. The average Bonchev–Trinajstić information content (AvgIpc) is 3.06. The van der Waals surface area contributed by atoms with Crippen LogP contribution < -0.4 is 10.0 Å². The maximum absolute atomic E-state index is 14.0.